The van der Waals surface area contributed by atoms with Gasteiger partial charge in [0.05, 0.1) is 41.3 Å². The number of carbonyl (C=O) groups is 1. The average molecular weight is 585 g/mol. The Labute approximate surface area is 239 Å². The van der Waals surface area contributed by atoms with E-state index in [1.807, 2.05) is 0 Å². The molecule has 0 saturated carbocycles. The number of nitrogens with one attached hydrogen (secondary N) is 1. The quantitative estimate of drug-likeness (QED) is 0.260. The number of nitrogens with zero attached hydrogens (tertiary/aromatic N) is 5. The first-order chi connectivity index (χ1) is 19.4. The molecule has 1 atom stereocenters. The van der Waals surface area contributed by atoms with Gasteiger partial charge in [-0.25, -0.2) is 19.7 Å². The summed E-state index contributed by atoms with van der Waals surface area (Å²) in [5.41, 5.74) is 0.0989. The maximum atomic E-state index is 13.1. The van der Waals surface area contributed by atoms with E-state index in [9.17, 15) is 14.7 Å². The molecule has 0 aliphatic carbocycles. The van der Waals surface area contributed by atoms with Crippen molar-refractivity contribution >= 4 is 51.6 Å². The third-order valence-corrected chi connectivity index (χ3v) is 7.21. The van der Waals surface area contributed by atoms with Crippen molar-refractivity contribution in [3.05, 3.63) is 74.9 Å². The van der Waals surface area contributed by atoms with Crippen molar-refractivity contribution in [3.8, 4) is 11.7 Å². The number of aromatic nitrogens is 4. The molecular weight excluding hydrogens is 559 g/mol. The lowest BCUT2D eigenvalue weighted by Gasteiger charge is -2.28. The van der Waals surface area contributed by atoms with E-state index in [1.54, 1.807) is 36.1 Å². The lowest BCUT2D eigenvalue weighted by molar-refractivity contribution is 0.0695. The molecule has 0 bridgehead atoms. The van der Waals surface area contributed by atoms with Crippen molar-refractivity contribution in [1.82, 2.24) is 19.5 Å². The monoisotopic (exact) mass is 584 g/mol. The molecule has 0 unspecified atom stereocenters. The van der Waals surface area contributed by atoms with Crippen LogP contribution in [0.2, 0.25) is 10.0 Å². The van der Waals surface area contributed by atoms with Crippen LogP contribution >= 0.6 is 23.2 Å². The van der Waals surface area contributed by atoms with Gasteiger partial charge in [0.15, 0.2) is 5.82 Å². The number of halogens is 2. The van der Waals surface area contributed by atoms with E-state index >= 15 is 0 Å². The number of ether oxygens (including phenoxy) is 2. The number of pyridine rings is 2. The van der Waals surface area contributed by atoms with Gasteiger partial charge in [0.1, 0.15) is 23.0 Å². The number of hydrogen-bond donors (Lipinski definition) is 2. The number of benzene rings is 1. The molecule has 0 amide bonds. The van der Waals surface area contributed by atoms with Gasteiger partial charge >= 0.3 is 5.97 Å². The molecule has 4 heterocycles. The molecular formula is C27H26Cl2N6O5. The minimum Gasteiger partial charge on any atom is -0.477 e. The lowest BCUT2D eigenvalue weighted by atomic mass is 10.1. The molecule has 1 fully saturated rings. The standard InChI is InChI=1S/C27H26Cl2N6O5/c1-39-9-7-30-23-12-33-24(13-32-23)35-14-18(27(37)38)25(36)17-10-20(29)22(11-21(17)35)34-8-3-4-16(34)15-40-26-19(28)5-2-6-31-26/h2,5-6,10-14,16H,3-4,7-9,15H2,1H3,(H,30,32)(H,37,38)/t16-/m1/s1. The Balaban J connectivity index is 1.53. The second kappa shape index (κ2) is 12.1. The summed E-state index contributed by atoms with van der Waals surface area (Å²) >= 11 is 12.9. The summed E-state index contributed by atoms with van der Waals surface area (Å²) in [6, 6.07) is 6.72. The maximum absolute atomic E-state index is 13.1. The molecule has 1 aliphatic rings. The van der Waals surface area contributed by atoms with Gasteiger partial charge < -0.3 is 24.8 Å². The number of fused-ring (bicyclic) bond motifs is 1. The smallest absolute Gasteiger partial charge is 0.341 e. The minimum atomic E-state index is -1.35. The van der Waals surface area contributed by atoms with Crippen molar-refractivity contribution in [3.63, 3.8) is 0 Å². The zero-order chi connectivity index (χ0) is 28.2. The van der Waals surface area contributed by atoms with Crippen molar-refractivity contribution in [2.24, 2.45) is 0 Å². The van der Waals surface area contributed by atoms with Crippen LogP contribution in [0.4, 0.5) is 11.5 Å². The molecule has 0 radical (unpaired) electrons. The molecule has 1 saturated heterocycles. The molecule has 5 rings (SSSR count). The SMILES string of the molecule is COCCNc1cnc(-n2cc(C(=O)O)c(=O)c3cc(Cl)c(N4CCC[C@@H]4COc4ncccc4Cl)cc32)cn1. The highest BCUT2D eigenvalue weighted by Crippen LogP contribution is 2.36. The predicted molar refractivity (Wildman–Crippen MR) is 153 cm³/mol. The van der Waals surface area contributed by atoms with Crippen LogP contribution in [0.1, 0.15) is 23.2 Å². The lowest BCUT2D eigenvalue weighted by Crippen LogP contribution is -2.34. The normalized spacial score (nSPS) is 15.0. The summed E-state index contributed by atoms with van der Waals surface area (Å²) in [5, 5.41) is 13.7. The van der Waals surface area contributed by atoms with E-state index in [0.29, 0.717) is 65.1 Å². The number of carboxylic acid groups (broad SMARTS) is 1. The molecule has 11 nitrogen and oxygen atoms in total. The van der Waals surface area contributed by atoms with E-state index in [1.165, 1.54) is 24.7 Å². The number of methoxy groups -OCH3 is 1. The number of aromatic carboxylic acids is 1. The summed E-state index contributed by atoms with van der Waals surface area (Å²) in [6.45, 7) is 2.09. The van der Waals surface area contributed by atoms with Crippen LogP contribution in [0.25, 0.3) is 16.7 Å². The van der Waals surface area contributed by atoms with Crippen LogP contribution in [0.15, 0.2) is 53.8 Å². The van der Waals surface area contributed by atoms with Crippen molar-refractivity contribution in [2.45, 2.75) is 18.9 Å². The molecule has 1 aliphatic heterocycles. The van der Waals surface area contributed by atoms with Crippen molar-refractivity contribution < 1.29 is 19.4 Å². The average Bonchev–Trinajstić information content (AvgIpc) is 3.41. The fourth-order valence-corrected chi connectivity index (χ4v) is 5.14. The Morgan fingerprint density at radius 1 is 1.20 bits per heavy atom. The predicted octanol–water partition coefficient (Wildman–Crippen LogP) is 4.29. The first-order valence-electron chi connectivity index (χ1n) is 12.5. The molecule has 1 aromatic carbocycles. The van der Waals surface area contributed by atoms with E-state index in [4.69, 9.17) is 32.7 Å². The number of anilines is 2. The summed E-state index contributed by atoms with van der Waals surface area (Å²) in [4.78, 5) is 40.2. The minimum absolute atomic E-state index is 0.0243. The molecule has 3 aromatic heterocycles. The summed E-state index contributed by atoms with van der Waals surface area (Å²) < 4.78 is 12.5. The fourth-order valence-electron chi connectivity index (χ4n) is 4.69. The molecule has 40 heavy (non-hydrogen) atoms. The van der Waals surface area contributed by atoms with Crippen LogP contribution in [0.3, 0.4) is 0 Å². The van der Waals surface area contributed by atoms with Gasteiger partial charge in [-0.05, 0) is 37.1 Å². The van der Waals surface area contributed by atoms with Crippen LogP contribution < -0.4 is 20.4 Å². The topological polar surface area (TPSA) is 132 Å². The van der Waals surface area contributed by atoms with Gasteiger partial charge in [0.25, 0.3) is 0 Å². The third-order valence-electron chi connectivity index (χ3n) is 6.62. The van der Waals surface area contributed by atoms with Crippen LogP contribution in [0, 0.1) is 0 Å². The Hall–Kier alpha value is -3.93. The Bertz CT molecular complexity index is 1600. The number of carboxylic acids is 1. The molecule has 4 aromatic rings. The Morgan fingerprint density at radius 2 is 2.05 bits per heavy atom. The van der Waals surface area contributed by atoms with E-state index < -0.39 is 17.0 Å². The van der Waals surface area contributed by atoms with Crippen molar-refractivity contribution in [1.29, 1.82) is 0 Å². The zero-order valence-electron chi connectivity index (χ0n) is 21.5. The Morgan fingerprint density at radius 3 is 2.77 bits per heavy atom. The summed E-state index contributed by atoms with van der Waals surface area (Å²) in [6.07, 6.45) is 7.67. The number of rotatable bonds is 10. The highest BCUT2D eigenvalue weighted by atomic mass is 35.5. The fraction of sp³-hybridized carbons (Fsp3) is 0.296. The van der Waals surface area contributed by atoms with E-state index in [2.05, 4.69) is 25.2 Å². The van der Waals surface area contributed by atoms with Gasteiger partial charge in [-0.3, -0.25) is 9.36 Å². The molecule has 2 N–H and O–H groups in total. The molecule has 0 spiro atoms. The van der Waals surface area contributed by atoms with Gasteiger partial charge in [-0.15, -0.1) is 0 Å². The maximum Gasteiger partial charge on any atom is 0.341 e. The van der Waals surface area contributed by atoms with E-state index in [0.717, 1.165) is 12.8 Å². The summed E-state index contributed by atoms with van der Waals surface area (Å²) in [5.74, 6) is -0.128. The van der Waals surface area contributed by atoms with Crippen LogP contribution in [-0.2, 0) is 4.74 Å². The first kappa shape index (κ1) is 27.6. The summed E-state index contributed by atoms with van der Waals surface area (Å²) in [7, 11) is 1.60. The Kier molecular flexibility index (Phi) is 8.34. The highest BCUT2D eigenvalue weighted by Gasteiger charge is 2.29. The largest absolute Gasteiger partial charge is 0.477 e. The second-order valence-corrected chi connectivity index (χ2v) is 9.95. The molecule has 208 valence electrons. The van der Waals surface area contributed by atoms with Gasteiger partial charge in [0, 0.05) is 38.0 Å². The zero-order valence-corrected chi connectivity index (χ0v) is 23.0. The van der Waals surface area contributed by atoms with Crippen LogP contribution in [0.5, 0.6) is 5.88 Å². The second-order valence-electron chi connectivity index (χ2n) is 9.14. The number of hydrogen-bond acceptors (Lipinski definition) is 9. The van der Waals surface area contributed by atoms with Gasteiger partial charge in [-0.2, -0.15) is 0 Å². The molecule has 13 heteroatoms. The van der Waals surface area contributed by atoms with Crippen molar-refractivity contribution in [2.75, 3.05) is 43.6 Å². The highest BCUT2D eigenvalue weighted by molar-refractivity contribution is 6.34. The first-order valence-corrected chi connectivity index (χ1v) is 13.3. The van der Waals surface area contributed by atoms with Crippen LogP contribution in [-0.4, -0.2) is 70.0 Å². The van der Waals surface area contributed by atoms with E-state index in [-0.39, 0.29) is 11.4 Å². The third kappa shape index (κ3) is 5.67. The van der Waals surface area contributed by atoms with Gasteiger partial charge in [-0.1, -0.05) is 23.2 Å². The van der Waals surface area contributed by atoms with Gasteiger partial charge in [0.2, 0.25) is 11.3 Å².